The van der Waals surface area contributed by atoms with Crippen LogP contribution in [-0.4, -0.2) is 39.3 Å². The van der Waals surface area contributed by atoms with Crippen LogP contribution in [0.1, 0.15) is 42.4 Å². The van der Waals surface area contributed by atoms with Crippen molar-refractivity contribution in [3.05, 3.63) is 34.9 Å². The number of nitrogens with one attached hydrogen (secondary N) is 2. The van der Waals surface area contributed by atoms with Crippen LogP contribution in [0.2, 0.25) is 0 Å². The first kappa shape index (κ1) is 20.2. The van der Waals surface area contributed by atoms with Crippen LogP contribution < -0.4 is 10.6 Å². The van der Waals surface area contributed by atoms with Crippen molar-refractivity contribution in [3.8, 4) is 0 Å². The molecule has 3 rings (SSSR count). The van der Waals surface area contributed by atoms with Gasteiger partial charge in [-0.05, 0) is 68.3 Å². The molecule has 2 aliphatic rings. The molecule has 0 spiro atoms. The number of fused-ring (bicyclic) bond motifs is 1. The number of piperidine rings is 1. The van der Waals surface area contributed by atoms with Crippen LogP contribution in [0.4, 0.5) is 0 Å². The average molecular weight is 367 g/mol. The molecule has 1 aromatic carbocycles. The molecule has 1 aromatic rings. The number of benzene rings is 1. The molecular formula is C20H31ClN2O2. The Morgan fingerprint density at radius 2 is 1.92 bits per heavy atom. The zero-order valence-electron chi connectivity index (χ0n) is 15.2. The third-order valence-electron chi connectivity index (χ3n) is 5.55. The number of carbonyl (C=O) groups excluding carboxylic acids is 1. The number of amides is 1. The zero-order chi connectivity index (χ0) is 16.8. The summed E-state index contributed by atoms with van der Waals surface area (Å²) in [5.74, 6) is 0.125. The fourth-order valence-corrected chi connectivity index (χ4v) is 4.07. The van der Waals surface area contributed by atoms with Gasteiger partial charge in [0.05, 0.1) is 13.0 Å². The molecule has 25 heavy (non-hydrogen) atoms. The highest BCUT2D eigenvalue weighted by atomic mass is 35.5. The van der Waals surface area contributed by atoms with Gasteiger partial charge in [0.2, 0.25) is 5.91 Å². The van der Waals surface area contributed by atoms with Crippen LogP contribution in [0.3, 0.4) is 0 Å². The predicted molar refractivity (Wildman–Crippen MR) is 103 cm³/mol. The molecule has 1 saturated heterocycles. The van der Waals surface area contributed by atoms with Crippen LogP contribution >= 0.6 is 12.4 Å². The molecular weight excluding hydrogens is 336 g/mol. The van der Waals surface area contributed by atoms with Crippen molar-refractivity contribution in [1.82, 2.24) is 10.6 Å². The van der Waals surface area contributed by atoms with Crippen LogP contribution in [-0.2, 0) is 28.8 Å². The Morgan fingerprint density at radius 3 is 2.64 bits per heavy atom. The maximum atomic E-state index is 12.4. The van der Waals surface area contributed by atoms with Crippen molar-refractivity contribution in [1.29, 1.82) is 0 Å². The van der Waals surface area contributed by atoms with Gasteiger partial charge < -0.3 is 15.4 Å². The summed E-state index contributed by atoms with van der Waals surface area (Å²) in [6.07, 6.45) is 7.51. The molecule has 0 saturated carbocycles. The number of aryl methyl sites for hydroxylation is 2. The van der Waals surface area contributed by atoms with Gasteiger partial charge in [-0.2, -0.15) is 0 Å². The Kier molecular flexibility index (Phi) is 7.73. The van der Waals surface area contributed by atoms with Crippen molar-refractivity contribution in [2.45, 2.75) is 44.9 Å². The fourth-order valence-electron chi connectivity index (χ4n) is 4.07. The van der Waals surface area contributed by atoms with E-state index in [4.69, 9.17) is 4.74 Å². The van der Waals surface area contributed by atoms with Crippen molar-refractivity contribution in [3.63, 3.8) is 0 Å². The molecule has 1 amide bonds. The summed E-state index contributed by atoms with van der Waals surface area (Å²) < 4.78 is 5.42. The number of hydrogen-bond donors (Lipinski definition) is 2. The molecule has 4 nitrogen and oxygen atoms in total. The minimum absolute atomic E-state index is 0. The molecule has 140 valence electrons. The van der Waals surface area contributed by atoms with Crippen LogP contribution in [0, 0.1) is 5.41 Å². The molecule has 0 atom stereocenters. The van der Waals surface area contributed by atoms with E-state index in [2.05, 4.69) is 28.8 Å². The summed E-state index contributed by atoms with van der Waals surface area (Å²) in [7, 11) is 1.75. The molecule has 0 aromatic heterocycles. The van der Waals surface area contributed by atoms with Gasteiger partial charge in [0.1, 0.15) is 0 Å². The molecule has 1 fully saturated rings. The van der Waals surface area contributed by atoms with E-state index in [1.165, 1.54) is 30.4 Å². The average Bonchev–Trinajstić information content (AvgIpc) is 2.61. The second-order valence-corrected chi connectivity index (χ2v) is 7.45. The van der Waals surface area contributed by atoms with Gasteiger partial charge in [0, 0.05) is 19.1 Å². The van der Waals surface area contributed by atoms with E-state index in [0.717, 1.165) is 37.9 Å². The highest BCUT2D eigenvalue weighted by Crippen LogP contribution is 2.28. The Bertz CT molecular complexity index is 565. The smallest absolute Gasteiger partial charge is 0.224 e. The largest absolute Gasteiger partial charge is 0.384 e. The molecule has 0 bridgehead atoms. The lowest BCUT2D eigenvalue weighted by Crippen LogP contribution is -2.47. The minimum Gasteiger partial charge on any atom is -0.384 e. The lowest BCUT2D eigenvalue weighted by Gasteiger charge is -2.37. The van der Waals surface area contributed by atoms with E-state index < -0.39 is 0 Å². The first-order chi connectivity index (χ1) is 11.7. The van der Waals surface area contributed by atoms with E-state index in [1.807, 2.05) is 0 Å². The molecule has 1 aliphatic heterocycles. The molecule has 2 N–H and O–H groups in total. The standard InChI is InChI=1S/C20H30N2O2.ClH/c1-24-15-20(8-10-21-11-9-20)14-22-19(23)13-16-6-7-17-4-2-3-5-18(17)12-16;/h6-7,12,21H,2-5,8-11,13-15H2,1H3,(H,22,23);1H. The number of halogens is 1. The van der Waals surface area contributed by atoms with Gasteiger partial charge in [-0.25, -0.2) is 0 Å². The first-order valence-electron chi connectivity index (χ1n) is 9.28. The quantitative estimate of drug-likeness (QED) is 0.813. The van der Waals surface area contributed by atoms with E-state index in [1.54, 1.807) is 7.11 Å². The monoisotopic (exact) mass is 366 g/mol. The van der Waals surface area contributed by atoms with Crippen LogP contribution in [0.5, 0.6) is 0 Å². The van der Waals surface area contributed by atoms with Crippen molar-refractivity contribution < 1.29 is 9.53 Å². The molecule has 5 heteroatoms. The zero-order valence-corrected chi connectivity index (χ0v) is 16.1. The van der Waals surface area contributed by atoms with Gasteiger partial charge >= 0.3 is 0 Å². The highest BCUT2D eigenvalue weighted by Gasteiger charge is 2.32. The summed E-state index contributed by atoms with van der Waals surface area (Å²) in [6, 6.07) is 6.58. The molecule has 0 unspecified atom stereocenters. The summed E-state index contributed by atoms with van der Waals surface area (Å²) in [4.78, 5) is 12.4. The van der Waals surface area contributed by atoms with Crippen molar-refractivity contribution in [2.75, 3.05) is 33.4 Å². The third-order valence-corrected chi connectivity index (χ3v) is 5.55. The lowest BCUT2D eigenvalue weighted by molar-refractivity contribution is -0.121. The van der Waals surface area contributed by atoms with E-state index in [9.17, 15) is 4.79 Å². The summed E-state index contributed by atoms with van der Waals surface area (Å²) in [5.41, 5.74) is 4.14. The van der Waals surface area contributed by atoms with Gasteiger partial charge in [-0.1, -0.05) is 18.2 Å². The summed E-state index contributed by atoms with van der Waals surface area (Å²) in [6.45, 7) is 3.44. The summed E-state index contributed by atoms with van der Waals surface area (Å²) in [5, 5.41) is 6.55. The van der Waals surface area contributed by atoms with Crippen molar-refractivity contribution in [2.24, 2.45) is 5.41 Å². The van der Waals surface area contributed by atoms with E-state index in [-0.39, 0.29) is 23.7 Å². The lowest BCUT2D eigenvalue weighted by atomic mass is 9.79. The topological polar surface area (TPSA) is 50.4 Å². The van der Waals surface area contributed by atoms with E-state index >= 15 is 0 Å². The highest BCUT2D eigenvalue weighted by molar-refractivity contribution is 5.85. The normalized spacial score (nSPS) is 18.8. The Balaban J connectivity index is 0.00000225. The first-order valence-corrected chi connectivity index (χ1v) is 9.28. The van der Waals surface area contributed by atoms with Gasteiger partial charge in [0.15, 0.2) is 0 Å². The van der Waals surface area contributed by atoms with Gasteiger partial charge in [-0.3, -0.25) is 4.79 Å². The third kappa shape index (κ3) is 5.44. The Hall–Kier alpha value is -1.10. The Labute approximate surface area is 157 Å². The molecule has 1 heterocycles. The SMILES string of the molecule is COCC1(CNC(=O)Cc2ccc3c(c2)CCCC3)CCNCC1.Cl. The molecule has 1 aliphatic carbocycles. The Morgan fingerprint density at radius 1 is 1.20 bits per heavy atom. The predicted octanol–water partition coefficient (Wildman–Crippen LogP) is 2.66. The van der Waals surface area contributed by atoms with Gasteiger partial charge in [-0.15, -0.1) is 12.4 Å². The van der Waals surface area contributed by atoms with Crippen LogP contribution in [0.15, 0.2) is 18.2 Å². The summed E-state index contributed by atoms with van der Waals surface area (Å²) >= 11 is 0. The fraction of sp³-hybridized carbons (Fsp3) is 0.650. The second-order valence-electron chi connectivity index (χ2n) is 7.45. The maximum absolute atomic E-state index is 12.4. The number of methoxy groups -OCH3 is 1. The van der Waals surface area contributed by atoms with E-state index in [0.29, 0.717) is 19.6 Å². The number of hydrogen-bond acceptors (Lipinski definition) is 3. The minimum atomic E-state index is 0. The van der Waals surface area contributed by atoms with Crippen molar-refractivity contribution >= 4 is 18.3 Å². The van der Waals surface area contributed by atoms with Gasteiger partial charge in [0.25, 0.3) is 0 Å². The number of rotatable bonds is 6. The van der Waals surface area contributed by atoms with Crippen LogP contribution in [0.25, 0.3) is 0 Å². The second kappa shape index (κ2) is 9.56. The number of carbonyl (C=O) groups is 1. The molecule has 0 radical (unpaired) electrons. The number of ether oxygens (including phenoxy) is 1. The maximum Gasteiger partial charge on any atom is 0.224 e.